The van der Waals surface area contributed by atoms with Crippen molar-refractivity contribution in [3.05, 3.63) is 0 Å². The Morgan fingerprint density at radius 3 is 2.43 bits per heavy atom. The zero-order valence-corrected chi connectivity index (χ0v) is 10.2. The van der Waals surface area contributed by atoms with Gasteiger partial charge >= 0.3 is 0 Å². The van der Waals surface area contributed by atoms with Gasteiger partial charge in [0.05, 0.1) is 5.75 Å². The van der Waals surface area contributed by atoms with E-state index in [0.29, 0.717) is 17.3 Å². The molecule has 2 bridgehead atoms. The highest BCUT2D eigenvalue weighted by molar-refractivity contribution is 8.13. The highest BCUT2D eigenvalue weighted by Crippen LogP contribution is 2.61. The molecule has 3 saturated carbocycles. The summed E-state index contributed by atoms with van der Waals surface area (Å²) in [6.07, 6.45) is 3.44. The Labute approximate surface area is 90.4 Å². The summed E-state index contributed by atoms with van der Waals surface area (Å²) in [5.41, 5.74) is 0.352. The van der Waals surface area contributed by atoms with Crippen LogP contribution in [0.3, 0.4) is 0 Å². The minimum atomic E-state index is -3.31. The quantitative estimate of drug-likeness (QED) is 0.691. The maximum Gasteiger partial charge on any atom is 0.232 e. The minimum absolute atomic E-state index is 0.176. The summed E-state index contributed by atoms with van der Waals surface area (Å²) in [7, 11) is 2.00. The first-order valence-corrected chi connectivity index (χ1v) is 7.71. The SMILES string of the molecule is CC1(C)[C@H]2CC[C@@H](CS(=O)(=O)Cl)[C@@H]1C2. The van der Waals surface area contributed by atoms with Gasteiger partial charge in [0.2, 0.25) is 9.05 Å². The summed E-state index contributed by atoms with van der Waals surface area (Å²) >= 11 is 0. The third-order valence-corrected chi connectivity index (χ3v) is 5.62. The van der Waals surface area contributed by atoms with Crippen LogP contribution >= 0.6 is 10.7 Å². The molecule has 0 aliphatic heterocycles. The van der Waals surface area contributed by atoms with Crippen LogP contribution in [-0.2, 0) is 9.05 Å². The van der Waals surface area contributed by atoms with Crippen LogP contribution in [0.5, 0.6) is 0 Å². The molecule has 0 aromatic rings. The van der Waals surface area contributed by atoms with Crippen molar-refractivity contribution < 1.29 is 8.42 Å². The maximum atomic E-state index is 11.0. The zero-order valence-electron chi connectivity index (χ0n) is 8.66. The average Bonchev–Trinajstić information content (AvgIpc) is 2.00. The Kier molecular flexibility index (Phi) is 2.39. The summed E-state index contributed by atoms with van der Waals surface area (Å²) in [4.78, 5) is 0. The first-order chi connectivity index (χ1) is 6.31. The maximum absolute atomic E-state index is 11.0. The van der Waals surface area contributed by atoms with E-state index in [1.54, 1.807) is 0 Å². The van der Waals surface area contributed by atoms with E-state index < -0.39 is 9.05 Å². The summed E-state index contributed by atoms with van der Waals surface area (Å²) in [6, 6.07) is 0. The molecule has 2 nitrogen and oxygen atoms in total. The lowest BCUT2D eigenvalue weighted by Gasteiger charge is -2.60. The minimum Gasteiger partial charge on any atom is -0.212 e. The van der Waals surface area contributed by atoms with E-state index in [4.69, 9.17) is 10.7 Å². The molecule has 3 atom stereocenters. The second-order valence-electron chi connectivity index (χ2n) is 5.40. The molecule has 0 spiro atoms. The Hall–Kier alpha value is 0.240. The number of rotatable bonds is 2. The standard InChI is InChI=1S/C10H17ClO2S/c1-10(2)8-4-3-7(9(10)5-8)6-14(11,12)13/h7-9H,3-6H2,1-2H3/t7-,8-,9-/m0/s1. The Morgan fingerprint density at radius 2 is 2.00 bits per heavy atom. The van der Waals surface area contributed by atoms with Crippen LogP contribution in [0, 0.1) is 23.2 Å². The third-order valence-electron chi connectivity index (χ3n) is 4.41. The Morgan fingerprint density at radius 1 is 1.36 bits per heavy atom. The Bertz CT molecular complexity index is 332. The third kappa shape index (κ3) is 1.69. The molecule has 3 fully saturated rings. The lowest BCUT2D eigenvalue weighted by atomic mass is 9.46. The molecule has 3 aliphatic rings. The fourth-order valence-electron chi connectivity index (χ4n) is 3.42. The molecule has 4 heteroatoms. The van der Waals surface area contributed by atoms with E-state index in [1.165, 1.54) is 12.8 Å². The van der Waals surface area contributed by atoms with Crippen LogP contribution < -0.4 is 0 Å². The van der Waals surface area contributed by atoms with Gasteiger partial charge in [-0.15, -0.1) is 0 Å². The van der Waals surface area contributed by atoms with Crippen molar-refractivity contribution in [2.75, 3.05) is 5.75 Å². The van der Waals surface area contributed by atoms with Crippen molar-refractivity contribution in [1.82, 2.24) is 0 Å². The molecule has 0 saturated heterocycles. The second kappa shape index (κ2) is 3.11. The van der Waals surface area contributed by atoms with Gasteiger partial charge in [0, 0.05) is 10.7 Å². The van der Waals surface area contributed by atoms with Gasteiger partial charge in [0.1, 0.15) is 0 Å². The molecule has 0 aromatic carbocycles. The number of hydrogen-bond acceptors (Lipinski definition) is 2. The van der Waals surface area contributed by atoms with E-state index in [-0.39, 0.29) is 5.75 Å². The van der Waals surface area contributed by atoms with Crippen LogP contribution in [0.15, 0.2) is 0 Å². The molecular formula is C10H17ClO2S. The first-order valence-electron chi connectivity index (χ1n) is 5.23. The highest BCUT2D eigenvalue weighted by atomic mass is 35.7. The number of fused-ring (bicyclic) bond motifs is 2. The van der Waals surface area contributed by atoms with Gasteiger partial charge in [-0.2, -0.15) is 0 Å². The van der Waals surface area contributed by atoms with Gasteiger partial charge in [0.25, 0.3) is 0 Å². The second-order valence-corrected chi connectivity index (χ2v) is 8.23. The summed E-state index contributed by atoms with van der Waals surface area (Å²) < 4.78 is 22.1. The van der Waals surface area contributed by atoms with Gasteiger partial charge < -0.3 is 0 Å². The van der Waals surface area contributed by atoms with Crippen molar-refractivity contribution in [2.24, 2.45) is 23.2 Å². The number of halogens is 1. The van der Waals surface area contributed by atoms with Gasteiger partial charge in [-0.05, 0) is 42.4 Å². The van der Waals surface area contributed by atoms with E-state index >= 15 is 0 Å². The van der Waals surface area contributed by atoms with E-state index in [2.05, 4.69) is 13.8 Å². The van der Waals surface area contributed by atoms with Crippen LogP contribution in [0.4, 0.5) is 0 Å². The van der Waals surface area contributed by atoms with E-state index in [1.807, 2.05) is 0 Å². The molecule has 0 heterocycles. The molecule has 0 unspecified atom stereocenters. The fraction of sp³-hybridized carbons (Fsp3) is 1.00. The fourth-order valence-corrected chi connectivity index (χ4v) is 4.81. The van der Waals surface area contributed by atoms with Crippen molar-refractivity contribution in [2.45, 2.75) is 33.1 Å². The van der Waals surface area contributed by atoms with E-state index in [0.717, 1.165) is 12.3 Å². The largest absolute Gasteiger partial charge is 0.232 e. The van der Waals surface area contributed by atoms with Crippen molar-refractivity contribution in [3.63, 3.8) is 0 Å². The monoisotopic (exact) mass is 236 g/mol. The van der Waals surface area contributed by atoms with Crippen molar-refractivity contribution >= 4 is 19.7 Å². The molecule has 0 N–H and O–H groups in total. The molecule has 14 heavy (non-hydrogen) atoms. The smallest absolute Gasteiger partial charge is 0.212 e. The van der Waals surface area contributed by atoms with Crippen LogP contribution in [-0.4, -0.2) is 14.2 Å². The lowest BCUT2D eigenvalue weighted by Crippen LogP contribution is -2.53. The molecule has 3 rings (SSSR count). The molecule has 0 aromatic heterocycles. The van der Waals surface area contributed by atoms with Crippen molar-refractivity contribution in [3.8, 4) is 0 Å². The van der Waals surface area contributed by atoms with Gasteiger partial charge in [-0.3, -0.25) is 0 Å². The molecular weight excluding hydrogens is 220 g/mol. The summed E-state index contributed by atoms with van der Waals surface area (Å²) in [5.74, 6) is 1.88. The lowest BCUT2D eigenvalue weighted by molar-refractivity contribution is -0.0976. The summed E-state index contributed by atoms with van der Waals surface area (Å²) in [6.45, 7) is 4.53. The first kappa shape index (κ1) is 10.7. The molecule has 3 aliphatic carbocycles. The van der Waals surface area contributed by atoms with Gasteiger partial charge in [-0.25, -0.2) is 8.42 Å². The zero-order chi connectivity index (χ0) is 10.6. The molecule has 0 amide bonds. The average molecular weight is 237 g/mol. The Balaban J connectivity index is 2.08. The predicted octanol–water partition coefficient (Wildman–Crippen LogP) is 2.63. The number of hydrogen-bond donors (Lipinski definition) is 0. The normalized spacial score (nSPS) is 40.4. The molecule has 0 radical (unpaired) electrons. The van der Waals surface area contributed by atoms with Gasteiger partial charge in [0.15, 0.2) is 0 Å². The van der Waals surface area contributed by atoms with E-state index in [9.17, 15) is 8.42 Å². The van der Waals surface area contributed by atoms with Crippen molar-refractivity contribution in [1.29, 1.82) is 0 Å². The topological polar surface area (TPSA) is 34.1 Å². The van der Waals surface area contributed by atoms with Crippen LogP contribution in [0.2, 0.25) is 0 Å². The highest BCUT2D eigenvalue weighted by Gasteiger charge is 2.54. The summed E-state index contributed by atoms with van der Waals surface area (Å²) in [5, 5.41) is 0. The predicted molar refractivity (Wildman–Crippen MR) is 57.7 cm³/mol. The van der Waals surface area contributed by atoms with Crippen LogP contribution in [0.25, 0.3) is 0 Å². The van der Waals surface area contributed by atoms with Gasteiger partial charge in [-0.1, -0.05) is 13.8 Å². The van der Waals surface area contributed by atoms with Crippen LogP contribution in [0.1, 0.15) is 33.1 Å². The molecule has 82 valence electrons.